The summed E-state index contributed by atoms with van der Waals surface area (Å²) in [7, 11) is 3.68. The van der Waals surface area contributed by atoms with Gasteiger partial charge in [0.25, 0.3) is 5.91 Å². The van der Waals surface area contributed by atoms with Crippen molar-refractivity contribution in [3.05, 3.63) is 22.2 Å². The van der Waals surface area contributed by atoms with Gasteiger partial charge in [-0.15, -0.1) is 11.3 Å². The van der Waals surface area contributed by atoms with E-state index in [1.54, 1.807) is 11.9 Å². The average molecular weight is 304 g/mol. The molecule has 0 aromatic carbocycles. The van der Waals surface area contributed by atoms with Crippen molar-refractivity contribution in [2.75, 3.05) is 32.9 Å². The molecule has 21 heavy (non-hydrogen) atoms. The Morgan fingerprint density at radius 1 is 1.52 bits per heavy atom. The molecule has 0 radical (unpaired) electrons. The summed E-state index contributed by atoms with van der Waals surface area (Å²) < 4.78 is 0. The third-order valence-electron chi connectivity index (χ3n) is 3.99. The fourth-order valence-electron chi connectivity index (χ4n) is 2.71. The lowest BCUT2D eigenvalue weighted by atomic mass is 10.1. The first kappa shape index (κ1) is 14.3. The first-order chi connectivity index (χ1) is 10.1. The molecule has 2 aromatic heterocycles. The van der Waals surface area contributed by atoms with Crippen molar-refractivity contribution in [1.29, 1.82) is 0 Å². The Balaban J connectivity index is 1.96. The maximum absolute atomic E-state index is 12.5. The highest BCUT2D eigenvalue weighted by molar-refractivity contribution is 7.21. The number of nitrogens with two attached hydrogens (primary N) is 1. The molecule has 0 saturated carbocycles. The number of hydrogen-bond donors (Lipinski definition) is 2. The fraction of sp³-hybridized carbons (Fsp3) is 0.467. The van der Waals surface area contributed by atoms with Crippen LogP contribution in [-0.2, 0) is 12.8 Å². The summed E-state index contributed by atoms with van der Waals surface area (Å²) in [5.41, 5.74) is 9.25. The first-order valence-corrected chi connectivity index (χ1v) is 8.04. The van der Waals surface area contributed by atoms with Crippen LogP contribution in [0.4, 0.5) is 5.69 Å². The van der Waals surface area contributed by atoms with E-state index in [1.807, 2.05) is 7.05 Å². The summed E-state index contributed by atoms with van der Waals surface area (Å²) >= 11 is 1.41. The molecule has 0 atom stereocenters. The molecule has 6 heteroatoms. The predicted octanol–water partition coefficient (Wildman–Crippen LogP) is 1.66. The van der Waals surface area contributed by atoms with Crippen molar-refractivity contribution in [2.45, 2.75) is 19.3 Å². The van der Waals surface area contributed by atoms with Crippen LogP contribution in [0.3, 0.4) is 0 Å². The summed E-state index contributed by atoms with van der Waals surface area (Å²) in [5, 5.41) is 3.98. The van der Waals surface area contributed by atoms with Crippen LogP contribution in [0.2, 0.25) is 0 Å². The van der Waals surface area contributed by atoms with Crippen molar-refractivity contribution in [3.8, 4) is 0 Å². The van der Waals surface area contributed by atoms with Gasteiger partial charge >= 0.3 is 0 Å². The molecule has 0 saturated heterocycles. The van der Waals surface area contributed by atoms with Crippen LogP contribution in [0.5, 0.6) is 0 Å². The fourth-order valence-corrected chi connectivity index (χ4v) is 3.80. The number of aromatic nitrogens is 1. The number of fused-ring (bicyclic) bond motifs is 2. The molecule has 3 N–H and O–H groups in total. The number of nitrogen functional groups attached to an aromatic ring is 1. The molecule has 0 fully saturated rings. The largest absolute Gasteiger partial charge is 0.397 e. The Hall–Kier alpha value is -1.66. The van der Waals surface area contributed by atoms with Crippen LogP contribution in [-0.4, -0.2) is 43.0 Å². The molecule has 0 bridgehead atoms. The molecule has 112 valence electrons. The molecule has 5 nitrogen and oxygen atoms in total. The Morgan fingerprint density at radius 2 is 2.33 bits per heavy atom. The van der Waals surface area contributed by atoms with Crippen LogP contribution in [0.15, 0.2) is 6.07 Å². The monoisotopic (exact) mass is 304 g/mol. The molecule has 3 rings (SSSR count). The zero-order chi connectivity index (χ0) is 15.0. The molecule has 1 aliphatic carbocycles. The van der Waals surface area contributed by atoms with Gasteiger partial charge in [0.1, 0.15) is 9.71 Å². The number of nitrogens with one attached hydrogen (secondary N) is 1. The average Bonchev–Trinajstić information content (AvgIpc) is 3.06. The highest BCUT2D eigenvalue weighted by Crippen LogP contribution is 2.36. The molecule has 2 heterocycles. The van der Waals surface area contributed by atoms with Gasteiger partial charge in [0.15, 0.2) is 0 Å². The van der Waals surface area contributed by atoms with Crippen molar-refractivity contribution in [2.24, 2.45) is 0 Å². The number of likely N-dealkylation sites (N-methyl/N-ethyl adjacent to an activating group) is 2. The lowest BCUT2D eigenvalue weighted by Crippen LogP contribution is -2.32. The summed E-state index contributed by atoms with van der Waals surface area (Å²) in [6.45, 7) is 1.42. The van der Waals surface area contributed by atoms with Crippen LogP contribution in [0.25, 0.3) is 10.2 Å². The topological polar surface area (TPSA) is 71.2 Å². The van der Waals surface area contributed by atoms with Crippen molar-refractivity contribution < 1.29 is 4.79 Å². The smallest absolute Gasteiger partial charge is 0.265 e. The van der Waals surface area contributed by atoms with Gasteiger partial charge in [0.2, 0.25) is 0 Å². The minimum absolute atomic E-state index is 0.0223. The highest BCUT2D eigenvalue weighted by atomic mass is 32.1. The van der Waals surface area contributed by atoms with E-state index >= 15 is 0 Å². The van der Waals surface area contributed by atoms with E-state index in [-0.39, 0.29) is 5.91 Å². The van der Waals surface area contributed by atoms with Gasteiger partial charge in [-0.1, -0.05) is 0 Å². The van der Waals surface area contributed by atoms with Crippen molar-refractivity contribution in [3.63, 3.8) is 0 Å². The lowest BCUT2D eigenvalue weighted by Gasteiger charge is -2.16. The summed E-state index contributed by atoms with van der Waals surface area (Å²) in [4.78, 5) is 20.4. The van der Waals surface area contributed by atoms with E-state index in [0.29, 0.717) is 17.1 Å². The predicted molar refractivity (Wildman–Crippen MR) is 86.9 cm³/mol. The standard InChI is InChI=1S/C15H20N4OS/c1-17-6-7-19(2)15(20)13-12(16)10-8-9-4-3-5-11(9)18-14(10)21-13/h8,17H,3-7,16H2,1-2H3. The number of rotatable bonds is 4. The van der Waals surface area contributed by atoms with Crippen molar-refractivity contribution in [1.82, 2.24) is 15.2 Å². The maximum Gasteiger partial charge on any atom is 0.265 e. The summed E-state index contributed by atoms with van der Waals surface area (Å²) in [6, 6.07) is 2.13. The van der Waals surface area contributed by atoms with E-state index in [0.717, 1.165) is 36.0 Å². The second kappa shape index (κ2) is 5.61. The van der Waals surface area contributed by atoms with E-state index in [1.165, 1.54) is 22.6 Å². The van der Waals surface area contributed by atoms with Gasteiger partial charge in [0.05, 0.1) is 5.69 Å². The number of amides is 1. The van der Waals surface area contributed by atoms with E-state index in [4.69, 9.17) is 10.7 Å². The Labute approximate surface area is 128 Å². The van der Waals surface area contributed by atoms with Gasteiger partial charge in [-0.2, -0.15) is 0 Å². The first-order valence-electron chi connectivity index (χ1n) is 7.22. The van der Waals surface area contributed by atoms with Gasteiger partial charge in [-0.25, -0.2) is 4.98 Å². The second-order valence-corrected chi connectivity index (χ2v) is 6.47. The number of thiophene rings is 1. The molecule has 1 amide bonds. The number of carbonyl (C=O) groups excluding carboxylic acids is 1. The number of anilines is 1. The molecule has 1 aliphatic rings. The molecular formula is C15H20N4OS. The van der Waals surface area contributed by atoms with Gasteiger partial charge in [-0.05, 0) is 37.9 Å². The quantitative estimate of drug-likeness (QED) is 0.901. The van der Waals surface area contributed by atoms with E-state index in [2.05, 4.69) is 11.4 Å². The molecule has 0 aliphatic heterocycles. The Bertz CT molecular complexity index is 695. The minimum Gasteiger partial charge on any atom is -0.397 e. The number of hydrogen-bond acceptors (Lipinski definition) is 5. The number of nitrogens with zero attached hydrogens (tertiary/aromatic N) is 2. The normalized spacial score (nSPS) is 13.6. The Morgan fingerprint density at radius 3 is 3.10 bits per heavy atom. The zero-order valence-electron chi connectivity index (χ0n) is 12.4. The van der Waals surface area contributed by atoms with E-state index in [9.17, 15) is 4.79 Å². The lowest BCUT2D eigenvalue weighted by molar-refractivity contribution is 0.0802. The highest BCUT2D eigenvalue weighted by Gasteiger charge is 2.22. The van der Waals surface area contributed by atoms with Crippen molar-refractivity contribution >= 4 is 33.1 Å². The molecule has 0 unspecified atom stereocenters. The number of carbonyl (C=O) groups is 1. The van der Waals surface area contributed by atoms with Crippen LogP contribution in [0.1, 0.15) is 27.3 Å². The third-order valence-corrected chi connectivity index (χ3v) is 5.09. The van der Waals surface area contributed by atoms with E-state index < -0.39 is 0 Å². The van der Waals surface area contributed by atoms with Crippen LogP contribution in [0, 0.1) is 0 Å². The summed E-state index contributed by atoms with van der Waals surface area (Å²) in [6.07, 6.45) is 3.27. The Kier molecular flexibility index (Phi) is 3.82. The van der Waals surface area contributed by atoms with Crippen LogP contribution < -0.4 is 11.1 Å². The molecule has 2 aromatic rings. The maximum atomic E-state index is 12.5. The number of aryl methyl sites for hydroxylation is 2. The summed E-state index contributed by atoms with van der Waals surface area (Å²) in [5.74, 6) is -0.0223. The third kappa shape index (κ3) is 2.49. The zero-order valence-corrected chi connectivity index (χ0v) is 13.2. The second-order valence-electron chi connectivity index (χ2n) is 5.48. The minimum atomic E-state index is -0.0223. The van der Waals surface area contributed by atoms with Gasteiger partial charge < -0.3 is 16.0 Å². The molecular weight excluding hydrogens is 284 g/mol. The molecule has 0 spiro atoms. The SMILES string of the molecule is CNCCN(C)C(=O)c1sc2nc3c(cc2c1N)CCC3. The van der Waals surface area contributed by atoms with Gasteiger partial charge in [0, 0.05) is 31.2 Å². The number of pyridine rings is 1. The van der Waals surface area contributed by atoms with Crippen LogP contribution >= 0.6 is 11.3 Å². The van der Waals surface area contributed by atoms with Gasteiger partial charge in [-0.3, -0.25) is 4.79 Å².